The van der Waals surface area contributed by atoms with Crippen LogP contribution in [0.1, 0.15) is 32.8 Å². The molecule has 1 heterocycles. The number of nitrogens with zero attached hydrogens (tertiary/aromatic N) is 2. The molecule has 0 aromatic heterocycles. The zero-order valence-electron chi connectivity index (χ0n) is 13.2. The summed E-state index contributed by atoms with van der Waals surface area (Å²) in [6.45, 7) is 11.3. The van der Waals surface area contributed by atoms with Crippen LogP contribution in [-0.2, 0) is 6.42 Å². The summed E-state index contributed by atoms with van der Waals surface area (Å²) in [6.07, 6.45) is 2.02. The Morgan fingerprint density at radius 2 is 2.00 bits per heavy atom. The van der Waals surface area contributed by atoms with Gasteiger partial charge in [-0.15, -0.1) is 0 Å². The third-order valence-electron chi connectivity index (χ3n) is 4.51. The van der Waals surface area contributed by atoms with Crippen molar-refractivity contribution >= 4 is 5.69 Å². The molecule has 1 aromatic carbocycles. The van der Waals surface area contributed by atoms with E-state index in [1.165, 1.54) is 11.3 Å². The number of piperazine rings is 1. The van der Waals surface area contributed by atoms with E-state index in [1.54, 1.807) is 0 Å². The third kappa shape index (κ3) is 3.53. The van der Waals surface area contributed by atoms with Crippen molar-refractivity contribution in [3.63, 3.8) is 0 Å². The van der Waals surface area contributed by atoms with Gasteiger partial charge in [0.15, 0.2) is 0 Å². The summed E-state index contributed by atoms with van der Waals surface area (Å²) in [7, 11) is 0. The Labute approximate surface area is 123 Å². The summed E-state index contributed by atoms with van der Waals surface area (Å²) in [5, 5.41) is 0. The van der Waals surface area contributed by atoms with Crippen molar-refractivity contribution in [1.29, 1.82) is 0 Å². The first-order valence-corrected chi connectivity index (χ1v) is 7.98. The van der Waals surface area contributed by atoms with Crippen LogP contribution in [-0.4, -0.2) is 43.2 Å². The first-order chi connectivity index (χ1) is 9.65. The van der Waals surface area contributed by atoms with Crippen LogP contribution in [0.25, 0.3) is 0 Å². The number of benzene rings is 1. The van der Waals surface area contributed by atoms with Crippen molar-refractivity contribution in [2.24, 2.45) is 5.73 Å². The van der Waals surface area contributed by atoms with E-state index in [-0.39, 0.29) is 6.04 Å². The normalized spacial score (nSPS) is 22.0. The van der Waals surface area contributed by atoms with E-state index < -0.39 is 0 Å². The highest BCUT2D eigenvalue weighted by molar-refractivity contribution is 5.54. The maximum atomic E-state index is 6.15. The number of anilines is 1. The van der Waals surface area contributed by atoms with E-state index >= 15 is 0 Å². The van der Waals surface area contributed by atoms with E-state index in [0.717, 1.165) is 39.0 Å². The number of nitrogens with two attached hydrogens (primary N) is 1. The Hall–Kier alpha value is -1.06. The first kappa shape index (κ1) is 15.3. The van der Waals surface area contributed by atoms with Crippen molar-refractivity contribution in [1.82, 2.24) is 4.90 Å². The number of rotatable bonds is 5. The van der Waals surface area contributed by atoms with Crippen molar-refractivity contribution < 1.29 is 0 Å². The average Bonchev–Trinajstić information content (AvgIpc) is 2.47. The maximum absolute atomic E-state index is 6.15. The van der Waals surface area contributed by atoms with Crippen LogP contribution in [0.15, 0.2) is 24.3 Å². The second-order valence-electron chi connectivity index (χ2n) is 5.92. The molecular weight excluding hydrogens is 246 g/mol. The summed E-state index contributed by atoms with van der Waals surface area (Å²) in [5.41, 5.74) is 8.94. The van der Waals surface area contributed by atoms with Crippen molar-refractivity contribution in [3.8, 4) is 0 Å². The van der Waals surface area contributed by atoms with Gasteiger partial charge in [-0.1, -0.05) is 32.0 Å². The highest BCUT2D eigenvalue weighted by atomic mass is 15.3. The molecule has 0 saturated carbocycles. The summed E-state index contributed by atoms with van der Waals surface area (Å²) >= 11 is 0. The number of hydrogen-bond acceptors (Lipinski definition) is 3. The molecule has 112 valence electrons. The SMILES string of the molecule is CCC(N)Cc1ccccc1N1CCN(CC)C(C)C1. The number of para-hydroxylation sites is 1. The standard InChI is InChI=1S/C17H29N3/c1-4-16(18)12-15-8-6-7-9-17(15)20-11-10-19(5-2)14(3)13-20/h6-9,14,16H,4-5,10-13,18H2,1-3H3. The molecule has 1 aliphatic rings. The Kier molecular flexibility index (Phi) is 5.44. The lowest BCUT2D eigenvalue weighted by Gasteiger charge is -2.41. The average molecular weight is 275 g/mol. The van der Waals surface area contributed by atoms with Gasteiger partial charge in [-0.3, -0.25) is 4.90 Å². The summed E-state index contributed by atoms with van der Waals surface area (Å²) in [4.78, 5) is 5.09. The molecule has 2 N–H and O–H groups in total. The zero-order chi connectivity index (χ0) is 14.5. The summed E-state index contributed by atoms with van der Waals surface area (Å²) < 4.78 is 0. The third-order valence-corrected chi connectivity index (χ3v) is 4.51. The fourth-order valence-electron chi connectivity index (χ4n) is 3.10. The predicted octanol–water partition coefficient (Wildman–Crippen LogP) is 2.50. The van der Waals surface area contributed by atoms with Crippen molar-refractivity contribution in [2.45, 2.75) is 45.7 Å². The molecule has 20 heavy (non-hydrogen) atoms. The Bertz CT molecular complexity index is 418. The van der Waals surface area contributed by atoms with Gasteiger partial charge < -0.3 is 10.6 Å². The highest BCUT2D eigenvalue weighted by Gasteiger charge is 2.23. The van der Waals surface area contributed by atoms with Crippen LogP contribution in [0, 0.1) is 0 Å². The minimum Gasteiger partial charge on any atom is -0.368 e. The molecule has 3 heteroatoms. The molecule has 0 radical (unpaired) electrons. The van der Waals surface area contributed by atoms with Crippen LogP contribution < -0.4 is 10.6 Å². The van der Waals surface area contributed by atoms with E-state index in [4.69, 9.17) is 5.73 Å². The van der Waals surface area contributed by atoms with Gasteiger partial charge in [0.25, 0.3) is 0 Å². The predicted molar refractivity (Wildman–Crippen MR) is 87.3 cm³/mol. The minimum atomic E-state index is 0.269. The van der Waals surface area contributed by atoms with E-state index in [1.807, 2.05) is 0 Å². The van der Waals surface area contributed by atoms with Gasteiger partial charge in [0.05, 0.1) is 0 Å². The van der Waals surface area contributed by atoms with Crippen LogP contribution in [0.4, 0.5) is 5.69 Å². The van der Waals surface area contributed by atoms with Gasteiger partial charge in [0.2, 0.25) is 0 Å². The number of likely N-dealkylation sites (N-methyl/N-ethyl adjacent to an activating group) is 1. The van der Waals surface area contributed by atoms with Gasteiger partial charge in [-0.25, -0.2) is 0 Å². The molecule has 1 saturated heterocycles. The molecule has 2 atom stereocenters. The molecule has 3 nitrogen and oxygen atoms in total. The lowest BCUT2D eigenvalue weighted by molar-refractivity contribution is 0.199. The van der Waals surface area contributed by atoms with E-state index in [2.05, 4.69) is 54.8 Å². The van der Waals surface area contributed by atoms with Gasteiger partial charge in [0.1, 0.15) is 0 Å². The van der Waals surface area contributed by atoms with Crippen LogP contribution >= 0.6 is 0 Å². The highest BCUT2D eigenvalue weighted by Crippen LogP contribution is 2.24. The van der Waals surface area contributed by atoms with Crippen molar-refractivity contribution in [3.05, 3.63) is 29.8 Å². The van der Waals surface area contributed by atoms with Gasteiger partial charge >= 0.3 is 0 Å². The Morgan fingerprint density at radius 3 is 2.65 bits per heavy atom. The molecule has 1 aliphatic heterocycles. The number of hydrogen-bond donors (Lipinski definition) is 1. The van der Waals surface area contributed by atoms with Gasteiger partial charge in [-0.05, 0) is 37.9 Å². The second kappa shape index (κ2) is 7.09. The van der Waals surface area contributed by atoms with Gasteiger partial charge in [0, 0.05) is 37.4 Å². The molecule has 2 rings (SSSR count). The fourth-order valence-corrected chi connectivity index (χ4v) is 3.10. The van der Waals surface area contributed by atoms with E-state index in [9.17, 15) is 0 Å². The fraction of sp³-hybridized carbons (Fsp3) is 0.647. The molecule has 0 amide bonds. The van der Waals surface area contributed by atoms with Gasteiger partial charge in [-0.2, -0.15) is 0 Å². The quantitative estimate of drug-likeness (QED) is 0.896. The Morgan fingerprint density at radius 1 is 1.25 bits per heavy atom. The lowest BCUT2D eigenvalue weighted by Crippen LogP contribution is -2.52. The Balaban J connectivity index is 2.12. The molecule has 0 aliphatic carbocycles. The molecular formula is C17H29N3. The van der Waals surface area contributed by atoms with Crippen LogP contribution in [0.5, 0.6) is 0 Å². The molecule has 1 aromatic rings. The monoisotopic (exact) mass is 275 g/mol. The minimum absolute atomic E-state index is 0.269. The van der Waals surface area contributed by atoms with Crippen LogP contribution in [0.2, 0.25) is 0 Å². The van der Waals surface area contributed by atoms with Crippen molar-refractivity contribution in [2.75, 3.05) is 31.1 Å². The maximum Gasteiger partial charge on any atom is 0.0400 e. The largest absolute Gasteiger partial charge is 0.368 e. The summed E-state index contributed by atoms with van der Waals surface area (Å²) in [5.74, 6) is 0. The molecule has 0 bridgehead atoms. The molecule has 1 fully saturated rings. The topological polar surface area (TPSA) is 32.5 Å². The zero-order valence-corrected chi connectivity index (χ0v) is 13.2. The first-order valence-electron chi connectivity index (χ1n) is 7.98. The smallest absolute Gasteiger partial charge is 0.0400 e. The summed E-state index contributed by atoms with van der Waals surface area (Å²) in [6, 6.07) is 9.67. The molecule has 0 spiro atoms. The van der Waals surface area contributed by atoms with E-state index in [0.29, 0.717) is 6.04 Å². The lowest BCUT2D eigenvalue weighted by atomic mass is 10.0. The molecule has 2 unspecified atom stereocenters. The van der Waals surface area contributed by atoms with Crippen LogP contribution in [0.3, 0.4) is 0 Å². The second-order valence-corrected chi connectivity index (χ2v) is 5.92.